The molecule has 1 N–H and O–H groups in total. The van der Waals surface area contributed by atoms with Crippen LogP contribution in [0, 0.1) is 0 Å². The molecule has 3 rings (SSSR count). The van der Waals surface area contributed by atoms with Crippen LogP contribution in [0.5, 0.6) is 5.75 Å². The van der Waals surface area contributed by atoms with Crippen LogP contribution < -0.4 is 0 Å². The quantitative estimate of drug-likeness (QED) is 0.699. The Balaban J connectivity index is 2.14. The number of phenolic OH excluding ortho intramolecular Hbond substituents is 1. The molecule has 27 heavy (non-hydrogen) atoms. The van der Waals surface area contributed by atoms with Gasteiger partial charge >= 0.3 is 12.1 Å². The number of esters is 1. The summed E-state index contributed by atoms with van der Waals surface area (Å²) in [5.74, 6) is -1.34. The van der Waals surface area contributed by atoms with Gasteiger partial charge in [0.05, 0.1) is 18.5 Å². The molecular formula is C18H14F3N3O3. The highest BCUT2D eigenvalue weighted by atomic mass is 19.4. The van der Waals surface area contributed by atoms with Crippen LogP contribution in [0.2, 0.25) is 0 Å². The van der Waals surface area contributed by atoms with Gasteiger partial charge in [0.25, 0.3) is 0 Å². The Hall–Kier alpha value is -3.36. The molecule has 0 amide bonds. The number of pyridine rings is 1. The predicted octanol–water partition coefficient (Wildman–Crippen LogP) is 3.84. The lowest BCUT2D eigenvalue weighted by molar-refractivity contribution is -0.143. The minimum atomic E-state index is -4.86. The number of nitrogens with zero attached hydrogens (tertiary/aromatic N) is 3. The molecule has 0 spiro atoms. The SMILES string of the molecule is CCOC(=O)c1cnn(-c2cccc(-c3ccccc3O)n2)c1C(F)(F)F. The van der Waals surface area contributed by atoms with Crippen molar-refractivity contribution in [3.63, 3.8) is 0 Å². The highest BCUT2D eigenvalue weighted by Crippen LogP contribution is 2.34. The van der Waals surface area contributed by atoms with Gasteiger partial charge < -0.3 is 9.84 Å². The van der Waals surface area contributed by atoms with Crippen molar-refractivity contribution in [3.8, 4) is 22.8 Å². The van der Waals surface area contributed by atoms with E-state index in [0.29, 0.717) is 10.2 Å². The molecule has 0 aliphatic heterocycles. The topological polar surface area (TPSA) is 77.2 Å². The number of hydrogen-bond donors (Lipinski definition) is 1. The summed E-state index contributed by atoms with van der Waals surface area (Å²) >= 11 is 0. The molecule has 0 aliphatic carbocycles. The van der Waals surface area contributed by atoms with Gasteiger partial charge in [-0.15, -0.1) is 0 Å². The monoisotopic (exact) mass is 377 g/mol. The van der Waals surface area contributed by atoms with Crippen molar-refractivity contribution >= 4 is 5.97 Å². The lowest BCUT2D eigenvalue weighted by Gasteiger charge is -2.12. The molecule has 0 atom stereocenters. The third-order valence-electron chi connectivity index (χ3n) is 3.66. The van der Waals surface area contributed by atoms with Crippen LogP contribution in [-0.2, 0) is 10.9 Å². The Labute approximate surface area is 151 Å². The van der Waals surface area contributed by atoms with Crippen LogP contribution >= 0.6 is 0 Å². The summed E-state index contributed by atoms with van der Waals surface area (Å²) < 4.78 is 46.0. The molecule has 140 valence electrons. The molecule has 0 unspecified atom stereocenters. The average Bonchev–Trinajstić information content (AvgIpc) is 3.08. The van der Waals surface area contributed by atoms with E-state index in [1.165, 1.54) is 25.1 Å². The summed E-state index contributed by atoms with van der Waals surface area (Å²) in [6.45, 7) is 1.43. The number of rotatable bonds is 4. The maximum atomic E-state index is 13.6. The summed E-state index contributed by atoms with van der Waals surface area (Å²) in [7, 11) is 0. The van der Waals surface area contributed by atoms with Crippen molar-refractivity contribution in [1.82, 2.24) is 14.8 Å². The fraction of sp³-hybridized carbons (Fsp3) is 0.167. The van der Waals surface area contributed by atoms with E-state index in [2.05, 4.69) is 14.8 Å². The number of aromatic nitrogens is 3. The van der Waals surface area contributed by atoms with Crippen LogP contribution in [0.4, 0.5) is 13.2 Å². The molecule has 0 aliphatic rings. The first-order valence-electron chi connectivity index (χ1n) is 7.91. The number of phenols is 1. The van der Waals surface area contributed by atoms with Crippen molar-refractivity contribution in [2.75, 3.05) is 6.61 Å². The fourth-order valence-electron chi connectivity index (χ4n) is 2.53. The lowest BCUT2D eigenvalue weighted by Crippen LogP contribution is -2.19. The van der Waals surface area contributed by atoms with Gasteiger partial charge in [-0.05, 0) is 31.2 Å². The van der Waals surface area contributed by atoms with Crippen molar-refractivity contribution in [1.29, 1.82) is 0 Å². The Bertz CT molecular complexity index is 983. The highest BCUT2D eigenvalue weighted by Gasteiger charge is 2.41. The Morgan fingerprint density at radius 2 is 1.93 bits per heavy atom. The molecule has 2 heterocycles. The molecule has 0 saturated heterocycles. The van der Waals surface area contributed by atoms with Gasteiger partial charge in [-0.25, -0.2) is 14.5 Å². The lowest BCUT2D eigenvalue weighted by atomic mass is 10.1. The Morgan fingerprint density at radius 1 is 1.19 bits per heavy atom. The number of aromatic hydroxyl groups is 1. The molecule has 0 saturated carbocycles. The van der Waals surface area contributed by atoms with Gasteiger partial charge in [-0.1, -0.05) is 18.2 Å². The third kappa shape index (κ3) is 3.62. The second kappa shape index (κ2) is 7.10. The molecule has 9 heteroatoms. The zero-order chi connectivity index (χ0) is 19.6. The molecule has 6 nitrogen and oxygen atoms in total. The number of halogens is 3. The number of carbonyl (C=O) groups is 1. The normalized spacial score (nSPS) is 11.4. The maximum absolute atomic E-state index is 13.6. The van der Waals surface area contributed by atoms with Gasteiger partial charge in [0.1, 0.15) is 11.3 Å². The minimum Gasteiger partial charge on any atom is -0.507 e. The zero-order valence-electron chi connectivity index (χ0n) is 14.1. The third-order valence-corrected chi connectivity index (χ3v) is 3.66. The van der Waals surface area contributed by atoms with Gasteiger partial charge in [0, 0.05) is 5.56 Å². The molecule has 0 bridgehead atoms. The summed E-state index contributed by atoms with van der Waals surface area (Å²) in [6, 6.07) is 10.6. The van der Waals surface area contributed by atoms with Gasteiger partial charge in [-0.2, -0.15) is 18.3 Å². The van der Waals surface area contributed by atoms with Crippen molar-refractivity contribution in [2.24, 2.45) is 0 Å². The van der Waals surface area contributed by atoms with Crippen LogP contribution in [-0.4, -0.2) is 32.4 Å². The molecule has 2 aromatic heterocycles. The first-order valence-corrected chi connectivity index (χ1v) is 7.91. The van der Waals surface area contributed by atoms with Gasteiger partial charge in [-0.3, -0.25) is 0 Å². The predicted molar refractivity (Wildman–Crippen MR) is 89.4 cm³/mol. The summed E-state index contributed by atoms with van der Waals surface area (Å²) in [5.41, 5.74) is -1.36. The number of hydrogen-bond acceptors (Lipinski definition) is 5. The molecule has 1 aromatic carbocycles. The van der Waals surface area contributed by atoms with Gasteiger partial charge in [0.2, 0.25) is 0 Å². The van der Waals surface area contributed by atoms with Crippen LogP contribution in [0.15, 0.2) is 48.7 Å². The minimum absolute atomic E-state index is 0.0640. The van der Waals surface area contributed by atoms with E-state index in [-0.39, 0.29) is 23.9 Å². The second-order valence-electron chi connectivity index (χ2n) is 5.44. The van der Waals surface area contributed by atoms with E-state index in [9.17, 15) is 23.1 Å². The van der Waals surface area contributed by atoms with Crippen LogP contribution in [0.25, 0.3) is 17.1 Å². The summed E-state index contributed by atoms with van der Waals surface area (Å²) in [6.07, 6.45) is -4.06. The molecule has 3 aromatic rings. The molecule has 0 fully saturated rings. The number of carbonyl (C=O) groups excluding carboxylic acids is 1. The van der Waals surface area contributed by atoms with Gasteiger partial charge in [0.15, 0.2) is 11.5 Å². The number of alkyl halides is 3. The van der Waals surface area contributed by atoms with Crippen LogP contribution in [0.3, 0.4) is 0 Å². The average molecular weight is 377 g/mol. The summed E-state index contributed by atoms with van der Waals surface area (Å²) in [4.78, 5) is 16.0. The van der Waals surface area contributed by atoms with E-state index in [0.717, 1.165) is 6.20 Å². The first kappa shape index (κ1) is 18.4. The number of para-hydroxylation sites is 1. The van der Waals surface area contributed by atoms with E-state index in [4.69, 9.17) is 0 Å². The second-order valence-corrected chi connectivity index (χ2v) is 5.44. The fourth-order valence-corrected chi connectivity index (χ4v) is 2.53. The zero-order valence-corrected chi connectivity index (χ0v) is 14.1. The van der Waals surface area contributed by atoms with E-state index >= 15 is 0 Å². The van der Waals surface area contributed by atoms with Crippen molar-refractivity contribution in [2.45, 2.75) is 13.1 Å². The Morgan fingerprint density at radius 3 is 2.59 bits per heavy atom. The molecule has 0 radical (unpaired) electrons. The summed E-state index contributed by atoms with van der Waals surface area (Å²) in [5, 5.41) is 13.6. The maximum Gasteiger partial charge on any atom is 0.434 e. The number of benzene rings is 1. The first-order chi connectivity index (χ1) is 12.8. The van der Waals surface area contributed by atoms with E-state index < -0.39 is 23.4 Å². The van der Waals surface area contributed by atoms with E-state index in [1.54, 1.807) is 24.3 Å². The largest absolute Gasteiger partial charge is 0.507 e. The molecular weight excluding hydrogens is 363 g/mol. The van der Waals surface area contributed by atoms with Crippen LogP contribution in [0.1, 0.15) is 23.0 Å². The number of ether oxygens (including phenoxy) is 1. The smallest absolute Gasteiger partial charge is 0.434 e. The van der Waals surface area contributed by atoms with Crippen molar-refractivity contribution < 1.29 is 27.8 Å². The van der Waals surface area contributed by atoms with Crippen molar-refractivity contribution in [3.05, 3.63) is 59.9 Å². The highest BCUT2D eigenvalue weighted by molar-refractivity contribution is 5.90. The standard InChI is InChI=1S/C18H14F3N3O3/c1-2-27-17(26)12-10-22-24(16(12)18(19,20)21)15-9-5-7-13(23-15)11-6-3-4-8-14(11)25/h3-10,25H,2H2,1H3. The Kier molecular flexibility index (Phi) is 4.85. The van der Waals surface area contributed by atoms with E-state index in [1.807, 2.05) is 0 Å².